The standard InChI is InChI=1S/C14H17N3/c1-4-7-10(2)15-14-13-9-6-5-8-12(13)11(3)16-17-14/h4-6,8-10H,1,7H2,2-3H3,(H,15,17). The summed E-state index contributed by atoms with van der Waals surface area (Å²) in [4.78, 5) is 0. The third kappa shape index (κ3) is 2.44. The second kappa shape index (κ2) is 4.95. The highest BCUT2D eigenvalue weighted by atomic mass is 15.2. The first-order chi connectivity index (χ1) is 8.22. The minimum absolute atomic E-state index is 0.313. The smallest absolute Gasteiger partial charge is 0.156 e. The molecule has 0 amide bonds. The zero-order chi connectivity index (χ0) is 12.3. The highest BCUT2D eigenvalue weighted by Crippen LogP contribution is 2.22. The number of nitrogens with zero attached hydrogens (tertiary/aromatic N) is 2. The number of rotatable bonds is 4. The lowest BCUT2D eigenvalue weighted by Gasteiger charge is -2.14. The van der Waals surface area contributed by atoms with E-state index in [1.54, 1.807) is 0 Å². The number of nitrogens with one attached hydrogen (secondary N) is 1. The Morgan fingerprint density at radius 1 is 1.29 bits per heavy atom. The molecule has 1 heterocycles. The Labute approximate surface area is 102 Å². The third-order valence-corrected chi connectivity index (χ3v) is 2.78. The molecule has 0 saturated carbocycles. The molecule has 0 bridgehead atoms. The van der Waals surface area contributed by atoms with Gasteiger partial charge in [-0.05, 0) is 20.3 Å². The molecular weight excluding hydrogens is 210 g/mol. The quantitative estimate of drug-likeness (QED) is 0.814. The maximum absolute atomic E-state index is 4.23. The zero-order valence-corrected chi connectivity index (χ0v) is 10.3. The summed E-state index contributed by atoms with van der Waals surface area (Å²) in [5, 5.41) is 14.1. The van der Waals surface area contributed by atoms with Crippen molar-refractivity contribution in [2.45, 2.75) is 26.3 Å². The van der Waals surface area contributed by atoms with E-state index < -0.39 is 0 Å². The van der Waals surface area contributed by atoms with Gasteiger partial charge in [0.25, 0.3) is 0 Å². The van der Waals surface area contributed by atoms with Crippen LogP contribution in [0, 0.1) is 6.92 Å². The predicted molar refractivity (Wildman–Crippen MR) is 72.2 cm³/mol. The van der Waals surface area contributed by atoms with Crippen molar-refractivity contribution in [2.75, 3.05) is 5.32 Å². The Bertz CT molecular complexity index is 534. The lowest BCUT2D eigenvalue weighted by atomic mass is 10.1. The van der Waals surface area contributed by atoms with Gasteiger partial charge in [0.2, 0.25) is 0 Å². The molecule has 1 N–H and O–H groups in total. The van der Waals surface area contributed by atoms with Crippen molar-refractivity contribution in [3.8, 4) is 0 Å². The van der Waals surface area contributed by atoms with Gasteiger partial charge < -0.3 is 5.32 Å². The number of hydrogen-bond acceptors (Lipinski definition) is 3. The average molecular weight is 227 g/mol. The second-order valence-corrected chi connectivity index (χ2v) is 4.25. The van der Waals surface area contributed by atoms with E-state index >= 15 is 0 Å². The number of fused-ring (bicyclic) bond motifs is 1. The highest BCUT2D eigenvalue weighted by molar-refractivity contribution is 5.92. The Morgan fingerprint density at radius 3 is 2.71 bits per heavy atom. The number of hydrogen-bond donors (Lipinski definition) is 1. The van der Waals surface area contributed by atoms with Crippen molar-refractivity contribution in [1.82, 2.24) is 10.2 Å². The molecule has 0 aliphatic carbocycles. The number of aromatic nitrogens is 2. The highest BCUT2D eigenvalue weighted by Gasteiger charge is 2.07. The third-order valence-electron chi connectivity index (χ3n) is 2.78. The zero-order valence-electron chi connectivity index (χ0n) is 10.3. The molecule has 2 rings (SSSR count). The van der Waals surface area contributed by atoms with E-state index in [0.717, 1.165) is 28.7 Å². The van der Waals surface area contributed by atoms with Gasteiger partial charge in [-0.1, -0.05) is 30.3 Å². The van der Waals surface area contributed by atoms with Gasteiger partial charge in [0, 0.05) is 16.8 Å². The van der Waals surface area contributed by atoms with Crippen molar-refractivity contribution >= 4 is 16.6 Å². The van der Waals surface area contributed by atoms with Crippen LogP contribution in [-0.2, 0) is 0 Å². The summed E-state index contributed by atoms with van der Waals surface area (Å²) in [6, 6.07) is 8.50. The molecule has 3 nitrogen and oxygen atoms in total. The first kappa shape index (κ1) is 11.6. The van der Waals surface area contributed by atoms with Gasteiger partial charge in [-0.15, -0.1) is 11.7 Å². The van der Waals surface area contributed by atoms with Gasteiger partial charge in [-0.3, -0.25) is 0 Å². The van der Waals surface area contributed by atoms with E-state index in [4.69, 9.17) is 0 Å². The lowest BCUT2D eigenvalue weighted by molar-refractivity contribution is 0.802. The van der Waals surface area contributed by atoms with Crippen LogP contribution in [0.5, 0.6) is 0 Å². The van der Waals surface area contributed by atoms with Crippen LogP contribution in [-0.4, -0.2) is 16.2 Å². The van der Waals surface area contributed by atoms with E-state index in [1.807, 2.05) is 25.1 Å². The average Bonchev–Trinajstić information content (AvgIpc) is 2.34. The van der Waals surface area contributed by atoms with Crippen LogP contribution in [0.1, 0.15) is 19.0 Å². The minimum atomic E-state index is 0.313. The summed E-state index contributed by atoms with van der Waals surface area (Å²) in [6.07, 6.45) is 2.81. The fraction of sp³-hybridized carbons (Fsp3) is 0.286. The summed E-state index contributed by atoms with van der Waals surface area (Å²) >= 11 is 0. The van der Waals surface area contributed by atoms with Gasteiger partial charge in [-0.25, -0.2) is 0 Å². The largest absolute Gasteiger partial charge is 0.365 e. The minimum Gasteiger partial charge on any atom is -0.365 e. The molecule has 17 heavy (non-hydrogen) atoms. The van der Waals surface area contributed by atoms with E-state index in [2.05, 4.69) is 41.1 Å². The molecule has 3 heteroatoms. The SMILES string of the molecule is C=CCC(C)Nc1nnc(C)c2ccccc12. The summed E-state index contributed by atoms with van der Waals surface area (Å²) in [5.41, 5.74) is 0.961. The van der Waals surface area contributed by atoms with Crippen LogP contribution in [0.4, 0.5) is 5.82 Å². The fourth-order valence-electron chi connectivity index (χ4n) is 1.89. The van der Waals surface area contributed by atoms with Gasteiger partial charge >= 0.3 is 0 Å². The van der Waals surface area contributed by atoms with Crippen molar-refractivity contribution in [3.05, 3.63) is 42.6 Å². The Kier molecular flexibility index (Phi) is 3.38. The molecule has 88 valence electrons. The second-order valence-electron chi connectivity index (χ2n) is 4.25. The van der Waals surface area contributed by atoms with E-state index in [9.17, 15) is 0 Å². The summed E-state index contributed by atoms with van der Waals surface area (Å²) < 4.78 is 0. The number of anilines is 1. The maximum atomic E-state index is 4.23. The number of aryl methyl sites for hydroxylation is 1. The van der Waals surface area contributed by atoms with Crippen LogP contribution in [0.2, 0.25) is 0 Å². The molecule has 1 aromatic carbocycles. The van der Waals surface area contributed by atoms with Crippen LogP contribution in [0.25, 0.3) is 10.8 Å². The summed E-state index contributed by atoms with van der Waals surface area (Å²) in [5.74, 6) is 0.848. The molecular formula is C14H17N3. The van der Waals surface area contributed by atoms with E-state index in [1.165, 1.54) is 0 Å². The Morgan fingerprint density at radius 2 is 2.00 bits per heavy atom. The normalized spacial score (nSPS) is 12.4. The molecule has 0 radical (unpaired) electrons. The Hall–Kier alpha value is -1.90. The molecule has 0 aliphatic rings. The monoisotopic (exact) mass is 227 g/mol. The van der Waals surface area contributed by atoms with Gasteiger partial charge in [0.1, 0.15) is 0 Å². The van der Waals surface area contributed by atoms with Gasteiger partial charge in [0.05, 0.1) is 5.69 Å². The molecule has 0 spiro atoms. The predicted octanol–water partition coefficient (Wildman–Crippen LogP) is 3.31. The topological polar surface area (TPSA) is 37.8 Å². The van der Waals surface area contributed by atoms with Crippen molar-refractivity contribution in [2.24, 2.45) is 0 Å². The van der Waals surface area contributed by atoms with Gasteiger partial charge in [0.15, 0.2) is 5.82 Å². The maximum Gasteiger partial charge on any atom is 0.156 e. The molecule has 2 aromatic rings. The molecule has 1 aromatic heterocycles. The summed E-state index contributed by atoms with van der Waals surface area (Å²) in [7, 11) is 0. The van der Waals surface area contributed by atoms with Crippen LogP contribution >= 0.6 is 0 Å². The van der Waals surface area contributed by atoms with Crippen LogP contribution < -0.4 is 5.32 Å². The number of benzene rings is 1. The van der Waals surface area contributed by atoms with Gasteiger partial charge in [-0.2, -0.15) is 5.10 Å². The molecule has 1 unspecified atom stereocenters. The lowest BCUT2D eigenvalue weighted by Crippen LogP contribution is -2.15. The van der Waals surface area contributed by atoms with E-state index in [-0.39, 0.29) is 0 Å². The fourth-order valence-corrected chi connectivity index (χ4v) is 1.89. The summed E-state index contributed by atoms with van der Waals surface area (Å²) in [6.45, 7) is 7.83. The van der Waals surface area contributed by atoms with E-state index in [0.29, 0.717) is 6.04 Å². The first-order valence-corrected chi connectivity index (χ1v) is 5.82. The van der Waals surface area contributed by atoms with Crippen LogP contribution in [0.3, 0.4) is 0 Å². The Balaban J connectivity index is 2.41. The van der Waals surface area contributed by atoms with Crippen LogP contribution in [0.15, 0.2) is 36.9 Å². The molecule has 1 atom stereocenters. The molecule has 0 saturated heterocycles. The van der Waals surface area contributed by atoms with Crippen molar-refractivity contribution < 1.29 is 0 Å². The molecule has 0 aliphatic heterocycles. The first-order valence-electron chi connectivity index (χ1n) is 5.82. The van der Waals surface area contributed by atoms with Crippen molar-refractivity contribution in [3.63, 3.8) is 0 Å². The van der Waals surface area contributed by atoms with Crippen molar-refractivity contribution in [1.29, 1.82) is 0 Å². The molecule has 0 fully saturated rings.